The third kappa shape index (κ3) is 4.27. The summed E-state index contributed by atoms with van der Waals surface area (Å²) in [6, 6.07) is 0.431. The highest BCUT2D eigenvalue weighted by atomic mass is 16.1. The minimum Gasteiger partial charge on any atom is -0.353 e. The molecule has 0 aromatic carbocycles. The molecule has 1 aliphatic heterocycles. The van der Waals surface area contributed by atoms with Crippen LogP contribution in [0, 0.1) is 11.3 Å². The number of carbonyl (C=O) groups is 1. The molecule has 0 aromatic rings. The topological polar surface area (TPSA) is 41.1 Å². The smallest absolute Gasteiger partial charge is 0.220 e. The molecule has 2 aliphatic rings. The molecule has 1 heterocycles. The van der Waals surface area contributed by atoms with E-state index < -0.39 is 0 Å². The molecular formula is C15H28N2O. The number of rotatable bonds is 4. The highest BCUT2D eigenvalue weighted by Gasteiger charge is 2.31. The van der Waals surface area contributed by atoms with Gasteiger partial charge in [-0.2, -0.15) is 0 Å². The number of piperidine rings is 1. The highest BCUT2D eigenvalue weighted by molar-refractivity contribution is 5.76. The van der Waals surface area contributed by atoms with Gasteiger partial charge in [0.05, 0.1) is 0 Å². The molecule has 1 saturated carbocycles. The Labute approximate surface area is 111 Å². The van der Waals surface area contributed by atoms with Crippen molar-refractivity contribution < 1.29 is 4.79 Å². The Balaban J connectivity index is 1.63. The molecule has 2 fully saturated rings. The maximum absolute atomic E-state index is 11.9. The summed E-state index contributed by atoms with van der Waals surface area (Å²) in [6.45, 7) is 6.86. The first-order chi connectivity index (χ1) is 8.55. The van der Waals surface area contributed by atoms with Crippen molar-refractivity contribution in [1.29, 1.82) is 0 Å². The van der Waals surface area contributed by atoms with Crippen LogP contribution in [0.1, 0.15) is 58.8 Å². The van der Waals surface area contributed by atoms with Crippen LogP contribution < -0.4 is 10.6 Å². The second-order valence-electron chi connectivity index (χ2n) is 6.90. The average Bonchev–Trinajstić information content (AvgIpc) is 2.67. The third-order valence-corrected chi connectivity index (χ3v) is 4.57. The number of hydrogen-bond acceptors (Lipinski definition) is 2. The van der Waals surface area contributed by atoms with Gasteiger partial charge in [-0.1, -0.05) is 13.8 Å². The van der Waals surface area contributed by atoms with Crippen molar-refractivity contribution >= 4 is 5.91 Å². The molecular weight excluding hydrogens is 224 g/mol. The standard InChI is InChI=1S/C15H28N2O/c1-15(2)8-5-13(11-15)17-14(18)4-3-12-6-9-16-10-7-12/h12-13,16H,3-11H2,1-2H3,(H,17,18). The van der Waals surface area contributed by atoms with Gasteiger partial charge in [-0.15, -0.1) is 0 Å². The zero-order valence-electron chi connectivity index (χ0n) is 11.9. The molecule has 0 radical (unpaired) electrons. The second kappa shape index (κ2) is 6.05. The van der Waals surface area contributed by atoms with E-state index in [0.717, 1.165) is 44.7 Å². The Hall–Kier alpha value is -0.570. The molecule has 1 aliphatic carbocycles. The van der Waals surface area contributed by atoms with E-state index in [9.17, 15) is 4.79 Å². The van der Waals surface area contributed by atoms with E-state index in [1.807, 2.05) is 0 Å². The van der Waals surface area contributed by atoms with Crippen LogP contribution in [0.5, 0.6) is 0 Å². The van der Waals surface area contributed by atoms with Crippen LogP contribution in [-0.2, 0) is 4.79 Å². The van der Waals surface area contributed by atoms with E-state index in [1.54, 1.807) is 0 Å². The lowest BCUT2D eigenvalue weighted by Crippen LogP contribution is -2.34. The van der Waals surface area contributed by atoms with Crippen LogP contribution in [-0.4, -0.2) is 25.0 Å². The normalized spacial score (nSPS) is 28.2. The van der Waals surface area contributed by atoms with Gasteiger partial charge in [0.25, 0.3) is 0 Å². The minimum atomic E-state index is 0.274. The van der Waals surface area contributed by atoms with Crippen molar-refractivity contribution in [1.82, 2.24) is 10.6 Å². The Kier molecular flexibility index (Phi) is 4.66. The summed E-state index contributed by atoms with van der Waals surface area (Å²) < 4.78 is 0. The van der Waals surface area contributed by atoms with Crippen LogP contribution in [0.15, 0.2) is 0 Å². The average molecular weight is 252 g/mol. The first-order valence-electron chi connectivity index (χ1n) is 7.55. The predicted molar refractivity (Wildman–Crippen MR) is 74.4 cm³/mol. The van der Waals surface area contributed by atoms with Gasteiger partial charge in [-0.3, -0.25) is 4.79 Å². The van der Waals surface area contributed by atoms with Gasteiger partial charge in [-0.25, -0.2) is 0 Å². The van der Waals surface area contributed by atoms with Crippen LogP contribution in [0.4, 0.5) is 0 Å². The molecule has 0 spiro atoms. The Morgan fingerprint density at radius 2 is 2.00 bits per heavy atom. The zero-order valence-corrected chi connectivity index (χ0v) is 11.9. The predicted octanol–water partition coefficient (Wildman–Crippen LogP) is 2.46. The van der Waals surface area contributed by atoms with E-state index in [4.69, 9.17) is 0 Å². The number of amides is 1. The van der Waals surface area contributed by atoms with E-state index in [0.29, 0.717) is 11.5 Å². The lowest BCUT2D eigenvalue weighted by molar-refractivity contribution is -0.122. The van der Waals surface area contributed by atoms with Crippen molar-refractivity contribution in [2.24, 2.45) is 11.3 Å². The minimum absolute atomic E-state index is 0.274. The van der Waals surface area contributed by atoms with E-state index in [-0.39, 0.29) is 5.91 Å². The van der Waals surface area contributed by atoms with Gasteiger partial charge in [0.1, 0.15) is 0 Å². The molecule has 1 saturated heterocycles. The van der Waals surface area contributed by atoms with Crippen LogP contribution >= 0.6 is 0 Å². The van der Waals surface area contributed by atoms with Crippen LogP contribution in [0.25, 0.3) is 0 Å². The van der Waals surface area contributed by atoms with E-state index in [1.165, 1.54) is 19.3 Å². The Morgan fingerprint density at radius 3 is 2.61 bits per heavy atom. The third-order valence-electron chi connectivity index (χ3n) is 4.57. The first kappa shape index (κ1) is 13.9. The van der Waals surface area contributed by atoms with Gasteiger partial charge in [-0.05, 0) is 62.9 Å². The van der Waals surface area contributed by atoms with Gasteiger partial charge >= 0.3 is 0 Å². The Bertz CT molecular complexity index is 282. The van der Waals surface area contributed by atoms with Gasteiger partial charge in [0.2, 0.25) is 5.91 Å². The van der Waals surface area contributed by atoms with E-state index >= 15 is 0 Å². The number of hydrogen-bond donors (Lipinski definition) is 2. The van der Waals surface area contributed by atoms with Crippen molar-refractivity contribution in [3.8, 4) is 0 Å². The summed E-state index contributed by atoms with van der Waals surface area (Å²) in [5, 5.41) is 6.59. The molecule has 0 aromatic heterocycles. The second-order valence-corrected chi connectivity index (χ2v) is 6.90. The molecule has 104 valence electrons. The van der Waals surface area contributed by atoms with Crippen molar-refractivity contribution in [3.05, 3.63) is 0 Å². The fraction of sp³-hybridized carbons (Fsp3) is 0.933. The highest BCUT2D eigenvalue weighted by Crippen LogP contribution is 2.36. The SMILES string of the molecule is CC1(C)CCC(NC(=O)CCC2CCNCC2)C1. The fourth-order valence-corrected chi connectivity index (χ4v) is 3.36. The van der Waals surface area contributed by atoms with Crippen LogP contribution in [0.3, 0.4) is 0 Å². The molecule has 0 bridgehead atoms. The Morgan fingerprint density at radius 1 is 1.28 bits per heavy atom. The van der Waals surface area contributed by atoms with Gasteiger partial charge < -0.3 is 10.6 Å². The summed E-state index contributed by atoms with van der Waals surface area (Å²) in [6.07, 6.45) is 7.82. The van der Waals surface area contributed by atoms with Crippen molar-refractivity contribution in [2.45, 2.75) is 64.8 Å². The maximum atomic E-state index is 11.9. The first-order valence-corrected chi connectivity index (χ1v) is 7.55. The molecule has 1 unspecified atom stereocenters. The quantitative estimate of drug-likeness (QED) is 0.807. The zero-order chi connectivity index (χ0) is 13.0. The molecule has 2 N–H and O–H groups in total. The molecule has 1 atom stereocenters. The van der Waals surface area contributed by atoms with Crippen molar-refractivity contribution in [3.63, 3.8) is 0 Å². The maximum Gasteiger partial charge on any atom is 0.220 e. The molecule has 18 heavy (non-hydrogen) atoms. The summed E-state index contributed by atoms with van der Waals surface area (Å²) in [7, 11) is 0. The molecule has 3 heteroatoms. The number of nitrogens with one attached hydrogen (secondary N) is 2. The fourth-order valence-electron chi connectivity index (χ4n) is 3.36. The van der Waals surface area contributed by atoms with Gasteiger partial charge in [0, 0.05) is 12.5 Å². The molecule has 1 amide bonds. The van der Waals surface area contributed by atoms with E-state index in [2.05, 4.69) is 24.5 Å². The lowest BCUT2D eigenvalue weighted by atomic mass is 9.91. The summed E-state index contributed by atoms with van der Waals surface area (Å²) >= 11 is 0. The molecule has 3 nitrogen and oxygen atoms in total. The molecule has 2 rings (SSSR count). The number of carbonyl (C=O) groups excluding carboxylic acids is 1. The summed E-state index contributed by atoms with van der Waals surface area (Å²) in [4.78, 5) is 11.9. The van der Waals surface area contributed by atoms with Crippen molar-refractivity contribution in [2.75, 3.05) is 13.1 Å². The lowest BCUT2D eigenvalue weighted by Gasteiger charge is -2.22. The largest absolute Gasteiger partial charge is 0.353 e. The van der Waals surface area contributed by atoms with Gasteiger partial charge in [0.15, 0.2) is 0 Å². The van der Waals surface area contributed by atoms with Crippen LogP contribution in [0.2, 0.25) is 0 Å². The summed E-state index contributed by atoms with van der Waals surface area (Å²) in [5.74, 6) is 1.04. The summed E-state index contributed by atoms with van der Waals surface area (Å²) in [5.41, 5.74) is 0.424. The monoisotopic (exact) mass is 252 g/mol.